The summed E-state index contributed by atoms with van der Waals surface area (Å²) in [7, 11) is 0. The van der Waals surface area contributed by atoms with Crippen LogP contribution in [0, 0.1) is 5.92 Å². The maximum Gasteiger partial charge on any atom is 0.306 e. The highest BCUT2D eigenvalue weighted by Gasteiger charge is 2.11. The molecule has 0 aromatic heterocycles. The predicted molar refractivity (Wildman–Crippen MR) is 54.6 cm³/mol. The van der Waals surface area contributed by atoms with Gasteiger partial charge >= 0.3 is 5.97 Å². The van der Waals surface area contributed by atoms with Gasteiger partial charge in [0.25, 0.3) is 0 Å². The molecule has 0 amide bonds. The van der Waals surface area contributed by atoms with Crippen LogP contribution in [0.5, 0.6) is 0 Å². The van der Waals surface area contributed by atoms with Crippen LogP contribution in [0.1, 0.15) is 52.9 Å². The third-order valence-corrected chi connectivity index (χ3v) is 2.20. The number of hydrogen-bond acceptors (Lipinski definition) is 2. The van der Waals surface area contributed by atoms with Gasteiger partial charge in [-0.15, -0.1) is 0 Å². The zero-order chi connectivity index (χ0) is 10.1. The van der Waals surface area contributed by atoms with E-state index in [0.717, 1.165) is 25.7 Å². The van der Waals surface area contributed by atoms with Crippen molar-refractivity contribution in [3.8, 4) is 0 Å². The first-order valence-corrected chi connectivity index (χ1v) is 5.40. The number of ether oxygens (including phenoxy) is 1. The maximum absolute atomic E-state index is 11.2. The van der Waals surface area contributed by atoms with Crippen molar-refractivity contribution in [3.05, 3.63) is 0 Å². The summed E-state index contributed by atoms with van der Waals surface area (Å²) in [5, 5.41) is 0. The molecule has 0 saturated heterocycles. The van der Waals surface area contributed by atoms with Gasteiger partial charge in [-0.05, 0) is 12.3 Å². The molecule has 0 aliphatic carbocycles. The second-order valence-electron chi connectivity index (χ2n) is 3.49. The number of hydrogen-bond donors (Lipinski definition) is 0. The SMILES string of the molecule is CCCOC(=O)CC(CC)CCC. The van der Waals surface area contributed by atoms with Gasteiger partial charge < -0.3 is 4.74 Å². The maximum atomic E-state index is 11.2. The van der Waals surface area contributed by atoms with E-state index in [0.29, 0.717) is 18.9 Å². The standard InChI is InChI=1S/C11H22O2/c1-4-7-10(6-3)9-11(12)13-8-5-2/h10H,4-9H2,1-3H3. The molecule has 0 rings (SSSR count). The molecule has 0 aromatic rings. The summed E-state index contributed by atoms with van der Waals surface area (Å²) in [6, 6.07) is 0. The van der Waals surface area contributed by atoms with Crippen molar-refractivity contribution in [3.63, 3.8) is 0 Å². The molecular formula is C11H22O2. The van der Waals surface area contributed by atoms with Crippen LogP contribution in [0.25, 0.3) is 0 Å². The van der Waals surface area contributed by atoms with Crippen LogP contribution in [-0.4, -0.2) is 12.6 Å². The first-order valence-electron chi connectivity index (χ1n) is 5.40. The fourth-order valence-corrected chi connectivity index (χ4v) is 1.37. The van der Waals surface area contributed by atoms with Crippen molar-refractivity contribution < 1.29 is 9.53 Å². The van der Waals surface area contributed by atoms with Crippen LogP contribution in [0.15, 0.2) is 0 Å². The lowest BCUT2D eigenvalue weighted by molar-refractivity contribution is -0.144. The molecule has 0 bridgehead atoms. The molecule has 0 aliphatic rings. The van der Waals surface area contributed by atoms with Gasteiger partial charge in [0.1, 0.15) is 0 Å². The molecule has 0 radical (unpaired) electrons. The van der Waals surface area contributed by atoms with Gasteiger partial charge in [0.15, 0.2) is 0 Å². The van der Waals surface area contributed by atoms with Gasteiger partial charge in [-0.1, -0.05) is 40.0 Å². The molecule has 1 unspecified atom stereocenters. The van der Waals surface area contributed by atoms with Crippen LogP contribution in [0.4, 0.5) is 0 Å². The average molecular weight is 186 g/mol. The predicted octanol–water partition coefficient (Wildman–Crippen LogP) is 3.16. The first-order chi connectivity index (χ1) is 6.24. The summed E-state index contributed by atoms with van der Waals surface area (Å²) in [6.45, 7) is 6.87. The molecule has 0 aliphatic heterocycles. The van der Waals surface area contributed by atoms with E-state index in [1.165, 1.54) is 0 Å². The monoisotopic (exact) mass is 186 g/mol. The van der Waals surface area contributed by atoms with E-state index in [1.807, 2.05) is 6.92 Å². The summed E-state index contributed by atoms with van der Waals surface area (Å²) < 4.78 is 5.03. The van der Waals surface area contributed by atoms with E-state index < -0.39 is 0 Å². The summed E-state index contributed by atoms with van der Waals surface area (Å²) in [5.74, 6) is 0.497. The van der Waals surface area contributed by atoms with Gasteiger partial charge in [0.2, 0.25) is 0 Å². The topological polar surface area (TPSA) is 26.3 Å². The Morgan fingerprint density at radius 3 is 2.38 bits per heavy atom. The molecule has 0 aromatic carbocycles. The highest BCUT2D eigenvalue weighted by Crippen LogP contribution is 2.15. The molecular weight excluding hydrogens is 164 g/mol. The quantitative estimate of drug-likeness (QED) is 0.571. The molecule has 2 heteroatoms. The lowest BCUT2D eigenvalue weighted by Crippen LogP contribution is -2.11. The zero-order valence-electron chi connectivity index (χ0n) is 9.14. The van der Waals surface area contributed by atoms with Crippen molar-refractivity contribution in [1.29, 1.82) is 0 Å². The van der Waals surface area contributed by atoms with E-state index in [9.17, 15) is 4.79 Å². The van der Waals surface area contributed by atoms with E-state index in [2.05, 4.69) is 13.8 Å². The van der Waals surface area contributed by atoms with Crippen molar-refractivity contribution in [2.24, 2.45) is 5.92 Å². The Hall–Kier alpha value is -0.530. The van der Waals surface area contributed by atoms with Crippen molar-refractivity contribution in [2.75, 3.05) is 6.61 Å². The highest BCUT2D eigenvalue weighted by molar-refractivity contribution is 5.69. The Balaban J connectivity index is 3.60. The minimum Gasteiger partial charge on any atom is -0.466 e. The van der Waals surface area contributed by atoms with Gasteiger partial charge in [0, 0.05) is 6.42 Å². The Kier molecular flexibility index (Phi) is 7.76. The minimum atomic E-state index is -0.0258. The largest absolute Gasteiger partial charge is 0.466 e. The molecule has 0 fully saturated rings. The molecule has 0 spiro atoms. The second kappa shape index (κ2) is 8.09. The highest BCUT2D eigenvalue weighted by atomic mass is 16.5. The zero-order valence-corrected chi connectivity index (χ0v) is 9.14. The fraction of sp³-hybridized carbons (Fsp3) is 0.909. The normalized spacial score (nSPS) is 12.5. The number of carbonyl (C=O) groups excluding carboxylic acids is 1. The lowest BCUT2D eigenvalue weighted by Gasteiger charge is -2.12. The Labute approximate surface area is 81.7 Å². The van der Waals surface area contributed by atoms with E-state index in [4.69, 9.17) is 4.74 Å². The van der Waals surface area contributed by atoms with Crippen molar-refractivity contribution in [1.82, 2.24) is 0 Å². The number of carbonyl (C=O) groups is 1. The summed E-state index contributed by atoms with van der Waals surface area (Å²) >= 11 is 0. The first kappa shape index (κ1) is 12.5. The molecule has 78 valence electrons. The minimum absolute atomic E-state index is 0.0258. The molecule has 2 nitrogen and oxygen atoms in total. The van der Waals surface area contributed by atoms with E-state index in [1.54, 1.807) is 0 Å². The molecule has 1 atom stereocenters. The van der Waals surface area contributed by atoms with Crippen molar-refractivity contribution in [2.45, 2.75) is 52.9 Å². The smallest absolute Gasteiger partial charge is 0.306 e. The summed E-state index contributed by atoms with van der Waals surface area (Å²) in [4.78, 5) is 11.2. The van der Waals surface area contributed by atoms with Gasteiger partial charge in [0.05, 0.1) is 6.61 Å². The van der Waals surface area contributed by atoms with Crippen LogP contribution < -0.4 is 0 Å². The van der Waals surface area contributed by atoms with Gasteiger partial charge in [-0.2, -0.15) is 0 Å². The third-order valence-electron chi connectivity index (χ3n) is 2.20. The molecule has 0 heterocycles. The van der Waals surface area contributed by atoms with Crippen molar-refractivity contribution >= 4 is 5.97 Å². The Morgan fingerprint density at radius 1 is 1.23 bits per heavy atom. The molecule has 0 N–H and O–H groups in total. The number of esters is 1. The van der Waals surface area contributed by atoms with Gasteiger partial charge in [-0.25, -0.2) is 0 Å². The second-order valence-corrected chi connectivity index (χ2v) is 3.49. The lowest BCUT2D eigenvalue weighted by atomic mass is 9.97. The van der Waals surface area contributed by atoms with Crippen LogP contribution >= 0.6 is 0 Å². The summed E-state index contributed by atoms with van der Waals surface area (Å²) in [5.41, 5.74) is 0. The van der Waals surface area contributed by atoms with Crippen LogP contribution in [-0.2, 0) is 9.53 Å². The third kappa shape index (κ3) is 6.62. The average Bonchev–Trinajstić information content (AvgIpc) is 2.14. The Morgan fingerprint density at radius 2 is 1.92 bits per heavy atom. The number of rotatable bonds is 7. The van der Waals surface area contributed by atoms with E-state index in [-0.39, 0.29) is 5.97 Å². The Bertz CT molecular complexity index is 132. The van der Waals surface area contributed by atoms with Crippen LogP contribution in [0.2, 0.25) is 0 Å². The van der Waals surface area contributed by atoms with Crippen LogP contribution in [0.3, 0.4) is 0 Å². The van der Waals surface area contributed by atoms with E-state index >= 15 is 0 Å². The summed E-state index contributed by atoms with van der Waals surface area (Å²) in [6.07, 6.45) is 4.88. The fourth-order valence-electron chi connectivity index (χ4n) is 1.37. The van der Waals surface area contributed by atoms with Gasteiger partial charge in [-0.3, -0.25) is 4.79 Å². The molecule has 0 saturated carbocycles. The molecule has 13 heavy (non-hydrogen) atoms.